The predicted molar refractivity (Wildman–Crippen MR) is 82.8 cm³/mol. The van der Waals surface area contributed by atoms with E-state index >= 15 is 0 Å². The van der Waals surface area contributed by atoms with Crippen LogP contribution in [-0.2, 0) is 14.3 Å². The van der Waals surface area contributed by atoms with E-state index in [4.69, 9.17) is 14.2 Å². The number of methoxy groups -OCH3 is 2. The van der Waals surface area contributed by atoms with Gasteiger partial charge >= 0.3 is 5.97 Å². The van der Waals surface area contributed by atoms with Crippen LogP contribution in [0.3, 0.4) is 0 Å². The SMILES string of the molecule is COc1ccc(/C=C/C(=O)OCC(=O)NC(C)C)c(OC)c1. The topological polar surface area (TPSA) is 73.9 Å². The van der Waals surface area contributed by atoms with Crippen molar-refractivity contribution in [2.45, 2.75) is 19.9 Å². The van der Waals surface area contributed by atoms with Crippen molar-refractivity contribution in [2.75, 3.05) is 20.8 Å². The van der Waals surface area contributed by atoms with Gasteiger partial charge in [-0.05, 0) is 32.1 Å². The maximum absolute atomic E-state index is 11.6. The lowest BCUT2D eigenvalue weighted by molar-refractivity contribution is -0.143. The lowest BCUT2D eigenvalue weighted by atomic mass is 10.2. The molecule has 0 bridgehead atoms. The van der Waals surface area contributed by atoms with E-state index in [2.05, 4.69) is 5.32 Å². The molecule has 0 atom stereocenters. The van der Waals surface area contributed by atoms with Crippen molar-refractivity contribution in [2.24, 2.45) is 0 Å². The van der Waals surface area contributed by atoms with Crippen molar-refractivity contribution in [3.8, 4) is 11.5 Å². The summed E-state index contributed by atoms with van der Waals surface area (Å²) in [6.45, 7) is 3.35. The van der Waals surface area contributed by atoms with E-state index < -0.39 is 5.97 Å². The van der Waals surface area contributed by atoms with Crippen LogP contribution < -0.4 is 14.8 Å². The van der Waals surface area contributed by atoms with Crippen LogP contribution in [0.4, 0.5) is 0 Å². The van der Waals surface area contributed by atoms with Gasteiger partial charge in [-0.2, -0.15) is 0 Å². The molecule has 0 aliphatic heterocycles. The number of ether oxygens (including phenoxy) is 3. The summed E-state index contributed by atoms with van der Waals surface area (Å²) in [4.78, 5) is 22.9. The summed E-state index contributed by atoms with van der Waals surface area (Å²) >= 11 is 0. The molecule has 1 amide bonds. The van der Waals surface area contributed by atoms with Crippen LogP contribution in [-0.4, -0.2) is 38.7 Å². The zero-order valence-corrected chi connectivity index (χ0v) is 13.2. The molecular weight excluding hydrogens is 286 g/mol. The van der Waals surface area contributed by atoms with Crippen LogP contribution in [0.5, 0.6) is 11.5 Å². The molecule has 1 rings (SSSR count). The Hall–Kier alpha value is -2.50. The summed E-state index contributed by atoms with van der Waals surface area (Å²) in [6, 6.07) is 5.22. The highest BCUT2D eigenvalue weighted by atomic mass is 16.5. The third kappa shape index (κ3) is 5.87. The Labute approximate surface area is 130 Å². The van der Waals surface area contributed by atoms with E-state index in [0.717, 1.165) is 0 Å². The Balaban J connectivity index is 2.60. The molecular formula is C16H21NO5. The van der Waals surface area contributed by atoms with Crippen LogP contribution >= 0.6 is 0 Å². The highest BCUT2D eigenvalue weighted by Gasteiger charge is 2.07. The number of carbonyl (C=O) groups is 2. The van der Waals surface area contributed by atoms with Gasteiger partial charge in [0.1, 0.15) is 11.5 Å². The summed E-state index contributed by atoms with van der Waals surface area (Å²) < 4.78 is 15.1. The van der Waals surface area contributed by atoms with Crippen LogP contribution in [0, 0.1) is 0 Å². The quantitative estimate of drug-likeness (QED) is 0.614. The normalized spacial score (nSPS) is 10.6. The number of amides is 1. The maximum atomic E-state index is 11.6. The van der Waals surface area contributed by atoms with E-state index in [1.165, 1.54) is 13.2 Å². The molecule has 0 heterocycles. The van der Waals surface area contributed by atoms with Crippen LogP contribution in [0.1, 0.15) is 19.4 Å². The molecule has 0 saturated carbocycles. The first-order valence-electron chi connectivity index (χ1n) is 6.82. The Bertz CT molecular complexity index is 551. The molecule has 0 spiro atoms. The first-order chi connectivity index (χ1) is 10.5. The van der Waals surface area contributed by atoms with Gasteiger partial charge in [-0.1, -0.05) is 0 Å². The molecule has 0 aliphatic rings. The summed E-state index contributed by atoms with van der Waals surface area (Å²) in [5.41, 5.74) is 0.701. The second-order valence-electron chi connectivity index (χ2n) is 4.77. The molecule has 0 aromatic heterocycles. The van der Waals surface area contributed by atoms with E-state index in [9.17, 15) is 9.59 Å². The van der Waals surface area contributed by atoms with Crippen molar-refractivity contribution in [3.05, 3.63) is 29.8 Å². The maximum Gasteiger partial charge on any atom is 0.331 e. The lowest BCUT2D eigenvalue weighted by Crippen LogP contribution is -2.33. The van der Waals surface area contributed by atoms with Gasteiger partial charge in [0.25, 0.3) is 5.91 Å². The minimum Gasteiger partial charge on any atom is -0.497 e. The largest absolute Gasteiger partial charge is 0.497 e. The highest BCUT2D eigenvalue weighted by Crippen LogP contribution is 2.25. The average Bonchev–Trinajstić information content (AvgIpc) is 2.50. The standard InChI is InChI=1S/C16H21NO5/c1-11(2)17-15(18)10-22-16(19)8-6-12-5-7-13(20-3)9-14(12)21-4/h5-9,11H,10H2,1-4H3,(H,17,18)/b8-6+. The molecule has 1 N–H and O–H groups in total. The first kappa shape index (κ1) is 17.6. The smallest absolute Gasteiger partial charge is 0.331 e. The monoisotopic (exact) mass is 307 g/mol. The van der Waals surface area contributed by atoms with Gasteiger partial charge in [-0.15, -0.1) is 0 Å². The Kier molecular flexibility index (Phi) is 6.95. The second kappa shape index (κ2) is 8.71. The minimum absolute atomic E-state index is 0.00491. The average molecular weight is 307 g/mol. The number of esters is 1. The zero-order chi connectivity index (χ0) is 16.5. The predicted octanol–water partition coefficient (Wildman–Crippen LogP) is 1.78. The molecule has 0 aliphatic carbocycles. The number of carbonyl (C=O) groups excluding carboxylic acids is 2. The third-order valence-electron chi connectivity index (χ3n) is 2.63. The second-order valence-corrected chi connectivity index (χ2v) is 4.77. The Morgan fingerprint density at radius 1 is 1.23 bits per heavy atom. The fourth-order valence-corrected chi connectivity index (χ4v) is 1.66. The summed E-state index contributed by atoms with van der Waals surface area (Å²) in [5.74, 6) is 0.290. The molecule has 22 heavy (non-hydrogen) atoms. The first-order valence-corrected chi connectivity index (χ1v) is 6.82. The molecule has 0 radical (unpaired) electrons. The number of benzene rings is 1. The lowest BCUT2D eigenvalue weighted by Gasteiger charge is -2.08. The van der Waals surface area contributed by atoms with Gasteiger partial charge in [0.15, 0.2) is 6.61 Å². The number of hydrogen-bond acceptors (Lipinski definition) is 5. The van der Waals surface area contributed by atoms with Crippen molar-refractivity contribution in [3.63, 3.8) is 0 Å². The van der Waals surface area contributed by atoms with E-state index in [1.54, 1.807) is 31.4 Å². The molecule has 1 aromatic rings. The Morgan fingerprint density at radius 3 is 2.55 bits per heavy atom. The van der Waals surface area contributed by atoms with E-state index in [-0.39, 0.29) is 18.6 Å². The molecule has 6 heteroatoms. The van der Waals surface area contributed by atoms with Crippen LogP contribution in [0.15, 0.2) is 24.3 Å². The third-order valence-corrected chi connectivity index (χ3v) is 2.63. The summed E-state index contributed by atoms with van der Waals surface area (Å²) in [6.07, 6.45) is 2.80. The Morgan fingerprint density at radius 2 is 1.95 bits per heavy atom. The molecule has 6 nitrogen and oxygen atoms in total. The van der Waals surface area contributed by atoms with Crippen molar-refractivity contribution in [1.29, 1.82) is 0 Å². The number of hydrogen-bond donors (Lipinski definition) is 1. The van der Waals surface area contributed by atoms with Gasteiger partial charge in [0.05, 0.1) is 14.2 Å². The minimum atomic E-state index is -0.600. The highest BCUT2D eigenvalue weighted by molar-refractivity contribution is 5.89. The van der Waals surface area contributed by atoms with Crippen LogP contribution in [0.25, 0.3) is 6.08 Å². The summed E-state index contributed by atoms with van der Waals surface area (Å²) in [7, 11) is 3.09. The van der Waals surface area contributed by atoms with E-state index in [0.29, 0.717) is 17.1 Å². The van der Waals surface area contributed by atoms with Crippen molar-refractivity contribution < 1.29 is 23.8 Å². The van der Waals surface area contributed by atoms with E-state index in [1.807, 2.05) is 13.8 Å². The number of rotatable bonds is 7. The fourth-order valence-electron chi connectivity index (χ4n) is 1.66. The van der Waals surface area contributed by atoms with Gasteiger partial charge in [0.2, 0.25) is 0 Å². The number of nitrogens with one attached hydrogen (secondary N) is 1. The molecule has 0 saturated heterocycles. The van der Waals surface area contributed by atoms with Gasteiger partial charge in [0, 0.05) is 23.7 Å². The van der Waals surface area contributed by atoms with Gasteiger partial charge in [-0.3, -0.25) is 4.79 Å². The van der Waals surface area contributed by atoms with Gasteiger partial charge in [-0.25, -0.2) is 4.79 Å². The summed E-state index contributed by atoms with van der Waals surface area (Å²) in [5, 5.41) is 2.63. The fraction of sp³-hybridized carbons (Fsp3) is 0.375. The van der Waals surface area contributed by atoms with Crippen molar-refractivity contribution in [1.82, 2.24) is 5.32 Å². The molecule has 0 fully saturated rings. The van der Waals surface area contributed by atoms with Gasteiger partial charge < -0.3 is 19.5 Å². The molecule has 120 valence electrons. The zero-order valence-electron chi connectivity index (χ0n) is 13.2. The molecule has 1 aromatic carbocycles. The molecule has 0 unspecified atom stereocenters. The van der Waals surface area contributed by atoms with Crippen LogP contribution in [0.2, 0.25) is 0 Å². The van der Waals surface area contributed by atoms with Crippen molar-refractivity contribution >= 4 is 18.0 Å².